The van der Waals surface area contributed by atoms with E-state index in [0.29, 0.717) is 0 Å². The van der Waals surface area contributed by atoms with Gasteiger partial charge in [0.2, 0.25) is 11.8 Å². The highest BCUT2D eigenvalue weighted by molar-refractivity contribution is 5.93. The molecule has 1 saturated heterocycles. The minimum Gasteiger partial charge on any atom is -0.394 e. The highest BCUT2D eigenvalue weighted by Gasteiger charge is 2.43. The standard InChI is InChI=1S/C11H14N2O7/c14-4-6-8(16)9(17)11(19-6)20-13-10(18)5-1-2-7(15)12-3-5/h1-3,6,8-9,11,14,16-17H,4H2,(H,12,15)(H,13,18)/t6-,8-,9-,11?/m1/s1. The van der Waals surface area contributed by atoms with E-state index in [0.717, 1.165) is 0 Å². The van der Waals surface area contributed by atoms with E-state index in [1.165, 1.54) is 18.3 Å². The first-order valence-corrected chi connectivity index (χ1v) is 5.80. The predicted octanol–water partition coefficient (Wildman–Crippen LogP) is -2.52. The lowest BCUT2D eigenvalue weighted by Gasteiger charge is -2.15. The number of hydroxylamine groups is 1. The van der Waals surface area contributed by atoms with Crippen LogP contribution in [0.15, 0.2) is 23.1 Å². The lowest BCUT2D eigenvalue weighted by atomic mass is 10.1. The number of aliphatic hydroxyl groups excluding tert-OH is 3. The van der Waals surface area contributed by atoms with Gasteiger partial charge in [-0.1, -0.05) is 0 Å². The summed E-state index contributed by atoms with van der Waals surface area (Å²) in [4.78, 5) is 29.6. The van der Waals surface area contributed by atoms with Crippen LogP contribution >= 0.6 is 0 Å². The fraction of sp³-hybridized carbons (Fsp3) is 0.455. The summed E-state index contributed by atoms with van der Waals surface area (Å²) >= 11 is 0. The van der Waals surface area contributed by atoms with Gasteiger partial charge in [-0.05, 0) is 6.07 Å². The van der Waals surface area contributed by atoms with Gasteiger partial charge in [-0.2, -0.15) is 0 Å². The van der Waals surface area contributed by atoms with Gasteiger partial charge in [0.05, 0.1) is 12.2 Å². The average Bonchev–Trinajstić information content (AvgIpc) is 2.73. The Hall–Kier alpha value is -1.78. The van der Waals surface area contributed by atoms with Crippen molar-refractivity contribution in [2.45, 2.75) is 24.6 Å². The molecule has 110 valence electrons. The van der Waals surface area contributed by atoms with Crippen LogP contribution in [0, 0.1) is 0 Å². The number of ether oxygens (including phenoxy) is 1. The summed E-state index contributed by atoms with van der Waals surface area (Å²) in [5.74, 6) is -0.668. The van der Waals surface area contributed by atoms with Gasteiger partial charge in [0, 0.05) is 12.3 Å². The first-order valence-electron chi connectivity index (χ1n) is 5.80. The van der Waals surface area contributed by atoms with Crippen molar-refractivity contribution < 1.29 is 29.7 Å². The van der Waals surface area contributed by atoms with Crippen molar-refractivity contribution >= 4 is 5.91 Å². The van der Waals surface area contributed by atoms with E-state index in [4.69, 9.17) is 14.7 Å². The number of nitrogens with one attached hydrogen (secondary N) is 2. The minimum atomic E-state index is -1.40. The molecular weight excluding hydrogens is 272 g/mol. The zero-order valence-electron chi connectivity index (χ0n) is 10.2. The van der Waals surface area contributed by atoms with Crippen molar-refractivity contribution in [3.8, 4) is 0 Å². The van der Waals surface area contributed by atoms with Crippen molar-refractivity contribution in [1.82, 2.24) is 10.5 Å². The van der Waals surface area contributed by atoms with Crippen LogP contribution in [0.3, 0.4) is 0 Å². The number of rotatable bonds is 4. The number of hydrogen-bond donors (Lipinski definition) is 5. The molecule has 0 radical (unpaired) electrons. The Balaban J connectivity index is 1.91. The largest absolute Gasteiger partial charge is 0.394 e. The predicted molar refractivity (Wildman–Crippen MR) is 63.4 cm³/mol. The van der Waals surface area contributed by atoms with Crippen LogP contribution in [-0.4, -0.2) is 57.4 Å². The van der Waals surface area contributed by atoms with Gasteiger partial charge in [-0.15, -0.1) is 0 Å². The van der Waals surface area contributed by atoms with E-state index in [1.54, 1.807) is 0 Å². The molecule has 2 rings (SSSR count). The van der Waals surface area contributed by atoms with Crippen LogP contribution in [-0.2, 0) is 9.57 Å². The lowest BCUT2D eigenvalue weighted by molar-refractivity contribution is -0.192. The number of aliphatic hydroxyl groups is 3. The van der Waals surface area contributed by atoms with E-state index in [1.807, 2.05) is 5.48 Å². The third-order valence-electron chi connectivity index (χ3n) is 2.81. The zero-order chi connectivity index (χ0) is 14.7. The normalized spacial score (nSPS) is 29.4. The van der Waals surface area contributed by atoms with Crippen LogP contribution in [0.4, 0.5) is 0 Å². The molecule has 1 unspecified atom stereocenters. The second-order valence-electron chi connectivity index (χ2n) is 4.20. The Morgan fingerprint density at radius 2 is 2.15 bits per heavy atom. The maximum absolute atomic E-state index is 11.6. The SMILES string of the molecule is O=C(NOC1O[C@H](CO)[C@@H](O)[C@H]1O)c1ccc(=O)[nH]c1. The van der Waals surface area contributed by atoms with Crippen LogP contribution in [0.2, 0.25) is 0 Å². The lowest BCUT2D eigenvalue weighted by Crippen LogP contribution is -2.38. The van der Waals surface area contributed by atoms with Crippen molar-refractivity contribution in [3.05, 3.63) is 34.2 Å². The van der Waals surface area contributed by atoms with Gasteiger partial charge in [0.25, 0.3) is 5.91 Å². The summed E-state index contributed by atoms with van der Waals surface area (Å²) in [6.07, 6.45) is -3.80. The van der Waals surface area contributed by atoms with E-state index in [-0.39, 0.29) is 11.1 Å². The number of aromatic nitrogens is 1. The van der Waals surface area contributed by atoms with Crippen molar-refractivity contribution in [1.29, 1.82) is 0 Å². The molecule has 1 aromatic heterocycles. The molecule has 1 aliphatic rings. The molecule has 0 aliphatic carbocycles. The molecule has 1 fully saturated rings. The van der Waals surface area contributed by atoms with Gasteiger partial charge in [0.1, 0.15) is 18.3 Å². The molecule has 0 saturated carbocycles. The summed E-state index contributed by atoms with van der Waals surface area (Å²) in [5.41, 5.74) is 1.80. The summed E-state index contributed by atoms with van der Waals surface area (Å²) in [7, 11) is 0. The second kappa shape index (κ2) is 6.11. The molecule has 4 atom stereocenters. The van der Waals surface area contributed by atoms with Crippen molar-refractivity contribution in [2.24, 2.45) is 0 Å². The summed E-state index contributed by atoms with van der Waals surface area (Å²) in [6, 6.07) is 2.45. The Morgan fingerprint density at radius 3 is 2.70 bits per heavy atom. The topological polar surface area (TPSA) is 141 Å². The second-order valence-corrected chi connectivity index (χ2v) is 4.20. The highest BCUT2D eigenvalue weighted by atomic mass is 16.8. The molecule has 9 nitrogen and oxygen atoms in total. The molecule has 5 N–H and O–H groups in total. The number of aromatic amines is 1. The van der Waals surface area contributed by atoms with Gasteiger partial charge >= 0.3 is 0 Å². The van der Waals surface area contributed by atoms with Crippen LogP contribution in [0.5, 0.6) is 0 Å². The third-order valence-corrected chi connectivity index (χ3v) is 2.81. The summed E-state index contributed by atoms with van der Waals surface area (Å²) in [6.45, 7) is -0.494. The molecular formula is C11H14N2O7. The number of pyridine rings is 1. The van der Waals surface area contributed by atoms with Gasteiger partial charge in [0.15, 0.2) is 0 Å². The number of carbonyl (C=O) groups excluding carboxylic acids is 1. The quantitative estimate of drug-likeness (QED) is 0.384. The van der Waals surface area contributed by atoms with Crippen LogP contribution in [0.25, 0.3) is 0 Å². The molecule has 1 aliphatic heterocycles. The number of hydrogen-bond acceptors (Lipinski definition) is 7. The Morgan fingerprint density at radius 1 is 1.40 bits per heavy atom. The molecule has 0 spiro atoms. The maximum Gasteiger partial charge on any atom is 0.276 e. The molecule has 0 bridgehead atoms. The van der Waals surface area contributed by atoms with Crippen molar-refractivity contribution in [2.75, 3.05) is 6.61 Å². The maximum atomic E-state index is 11.6. The first-order chi connectivity index (χ1) is 9.52. The minimum absolute atomic E-state index is 0.136. The molecule has 20 heavy (non-hydrogen) atoms. The number of carbonyl (C=O) groups is 1. The van der Waals surface area contributed by atoms with E-state index >= 15 is 0 Å². The van der Waals surface area contributed by atoms with E-state index in [9.17, 15) is 19.8 Å². The van der Waals surface area contributed by atoms with Crippen molar-refractivity contribution in [3.63, 3.8) is 0 Å². The molecule has 2 heterocycles. The van der Waals surface area contributed by atoms with Crippen LogP contribution in [0.1, 0.15) is 10.4 Å². The number of H-pyrrole nitrogens is 1. The third kappa shape index (κ3) is 3.03. The first kappa shape index (κ1) is 14.6. The Bertz CT molecular complexity index is 511. The molecule has 1 aromatic rings. The average molecular weight is 286 g/mol. The highest BCUT2D eigenvalue weighted by Crippen LogP contribution is 2.21. The Labute approximate surface area is 112 Å². The van der Waals surface area contributed by atoms with E-state index < -0.39 is 37.1 Å². The van der Waals surface area contributed by atoms with E-state index in [2.05, 4.69) is 4.98 Å². The van der Waals surface area contributed by atoms with Crippen LogP contribution < -0.4 is 11.0 Å². The zero-order valence-corrected chi connectivity index (χ0v) is 10.2. The fourth-order valence-corrected chi connectivity index (χ4v) is 1.69. The monoisotopic (exact) mass is 286 g/mol. The smallest absolute Gasteiger partial charge is 0.276 e. The molecule has 0 aromatic carbocycles. The summed E-state index contributed by atoms with van der Waals surface area (Å²) in [5, 5.41) is 27.9. The van der Waals surface area contributed by atoms with Gasteiger partial charge < -0.3 is 25.0 Å². The number of amides is 1. The summed E-state index contributed by atoms with van der Waals surface area (Å²) < 4.78 is 5.00. The molecule has 9 heteroatoms. The molecule has 1 amide bonds. The van der Waals surface area contributed by atoms with Gasteiger partial charge in [-0.3, -0.25) is 9.59 Å². The fourth-order valence-electron chi connectivity index (χ4n) is 1.69. The Kier molecular flexibility index (Phi) is 4.47. The van der Waals surface area contributed by atoms with Gasteiger partial charge in [-0.25, -0.2) is 10.3 Å².